The van der Waals surface area contributed by atoms with Crippen LogP contribution < -0.4 is 4.74 Å². The Labute approximate surface area is 182 Å². The third kappa shape index (κ3) is 4.09. The van der Waals surface area contributed by atoms with E-state index in [4.69, 9.17) is 4.74 Å². The molecule has 160 valence electrons. The molecule has 3 heterocycles. The molecule has 1 aromatic heterocycles. The first-order valence-electron chi connectivity index (χ1n) is 10.5. The Bertz CT molecular complexity index is 916. The highest BCUT2D eigenvalue weighted by molar-refractivity contribution is 7.14. The molecule has 2 aromatic rings. The van der Waals surface area contributed by atoms with Crippen molar-refractivity contribution in [1.29, 1.82) is 0 Å². The quantitative estimate of drug-likeness (QED) is 0.752. The van der Waals surface area contributed by atoms with E-state index < -0.39 is 0 Å². The summed E-state index contributed by atoms with van der Waals surface area (Å²) in [7, 11) is 3.68. The number of amides is 2. The van der Waals surface area contributed by atoms with Gasteiger partial charge in [0, 0.05) is 31.1 Å². The van der Waals surface area contributed by atoms with Gasteiger partial charge in [-0.05, 0) is 62.7 Å². The fourth-order valence-corrected chi connectivity index (χ4v) is 5.37. The van der Waals surface area contributed by atoms with Crippen molar-refractivity contribution in [3.05, 3.63) is 40.1 Å². The van der Waals surface area contributed by atoms with Gasteiger partial charge in [0.25, 0.3) is 5.91 Å². The van der Waals surface area contributed by atoms with E-state index in [1.807, 2.05) is 47.2 Å². The van der Waals surface area contributed by atoms with Crippen LogP contribution in [0.3, 0.4) is 0 Å². The molecule has 30 heavy (non-hydrogen) atoms. The molecule has 1 atom stereocenters. The summed E-state index contributed by atoms with van der Waals surface area (Å²) in [6.45, 7) is 5.46. The fraction of sp³-hybridized carbons (Fsp3) is 0.478. The molecule has 2 fully saturated rings. The number of likely N-dealkylation sites (N-methyl/N-ethyl adjacent to an activating group) is 1. The number of carbonyl (C=O) groups excluding carboxylic acids is 2. The van der Waals surface area contributed by atoms with Crippen LogP contribution in [-0.2, 0) is 4.79 Å². The molecule has 0 bridgehead atoms. The highest BCUT2D eigenvalue weighted by atomic mass is 32.1. The summed E-state index contributed by atoms with van der Waals surface area (Å²) in [4.78, 5) is 33.7. The Kier molecular flexibility index (Phi) is 6.11. The Morgan fingerprint density at radius 2 is 1.70 bits per heavy atom. The average Bonchev–Trinajstić information content (AvgIpc) is 3.38. The number of methoxy groups -OCH3 is 1. The molecular weight excluding hydrogens is 398 g/mol. The maximum Gasteiger partial charge on any atom is 0.264 e. The molecule has 1 unspecified atom stereocenters. The lowest BCUT2D eigenvalue weighted by molar-refractivity contribution is -0.137. The molecule has 0 aliphatic carbocycles. The zero-order valence-corrected chi connectivity index (χ0v) is 18.7. The van der Waals surface area contributed by atoms with Crippen molar-refractivity contribution in [2.75, 3.05) is 46.9 Å². The number of hydrogen-bond donors (Lipinski definition) is 0. The van der Waals surface area contributed by atoms with E-state index in [1.54, 1.807) is 7.11 Å². The van der Waals surface area contributed by atoms with Gasteiger partial charge >= 0.3 is 0 Å². The summed E-state index contributed by atoms with van der Waals surface area (Å²) >= 11 is 1.54. The number of carbonyl (C=O) groups is 2. The third-order valence-corrected chi connectivity index (χ3v) is 7.25. The minimum atomic E-state index is 0.0132. The molecule has 0 radical (unpaired) electrons. The lowest BCUT2D eigenvalue weighted by atomic mass is 10.1. The normalized spacial score (nSPS) is 19.9. The van der Waals surface area contributed by atoms with Gasteiger partial charge in [0.2, 0.25) is 5.91 Å². The predicted octanol–water partition coefficient (Wildman–Crippen LogP) is 3.11. The number of nitrogens with zero attached hydrogens (tertiary/aromatic N) is 3. The van der Waals surface area contributed by atoms with E-state index in [-0.39, 0.29) is 17.9 Å². The van der Waals surface area contributed by atoms with Gasteiger partial charge in [-0.3, -0.25) is 14.5 Å². The molecule has 1 aromatic carbocycles. The third-order valence-electron chi connectivity index (χ3n) is 6.21. The number of piperazine rings is 1. The Balaban J connectivity index is 1.40. The summed E-state index contributed by atoms with van der Waals surface area (Å²) in [5.74, 6) is 1.10. The molecule has 7 heteroatoms. The standard InChI is InChI=1S/C23H29N3O3S/c1-16-19(17-6-8-18(29-3)9-7-17)15-21(30-16)23(28)26-13-11-25(12-14-26)22(27)20-5-4-10-24(20)2/h6-9,15,20H,4-5,10-14H2,1-3H3. The van der Waals surface area contributed by atoms with Crippen molar-refractivity contribution < 1.29 is 14.3 Å². The van der Waals surface area contributed by atoms with Gasteiger partial charge in [-0.1, -0.05) is 12.1 Å². The first-order chi connectivity index (χ1) is 14.5. The van der Waals surface area contributed by atoms with Crippen molar-refractivity contribution in [3.8, 4) is 16.9 Å². The van der Waals surface area contributed by atoms with Crippen molar-refractivity contribution in [2.24, 2.45) is 0 Å². The molecule has 0 spiro atoms. The number of rotatable bonds is 4. The number of aryl methyl sites for hydroxylation is 1. The Morgan fingerprint density at radius 3 is 2.30 bits per heavy atom. The van der Waals surface area contributed by atoms with Crippen LogP contribution in [-0.4, -0.2) is 79.4 Å². The minimum absolute atomic E-state index is 0.0132. The SMILES string of the molecule is COc1ccc(-c2cc(C(=O)N3CCN(C(=O)C4CCCN4C)CC3)sc2C)cc1. The van der Waals surface area contributed by atoms with E-state index in [2.05, 4.69) is 11.8 Å². The van der Waals surface area contributed by atoms with Crippen LogP contribution in [0.1, 0.15) is 27.4 Å². The number of benzene rings is 1. The molecule has 4 rings (SSSR count). The van der Waals surface area contributed by atoms with Crippen LogP contribution in [0.25, 0.3) is 11.1 Å². The van der Waals surface area contributed by atoms with Crippen LogP contribution in [0.4, 0.5) is 0 Å². The molecule has 0 saturated carbocycles. The van der Waals surface area contributed by atoms with Gasteiger partial charge in [0.15, 0.2) is 0 Å². The smallest absolute Gasteiger partial charge is 0.264 e. The van der Waals surface area contributed by atoms with E-state index >= 15 is 0 Å². The fourth-order valence-electron chi connectivity index (χ4n) is 4.36. The largest absolute Gasteiger partial charge is 0.497 e. The van der Waals surface area contributed by atoms with Gasteiger partial charge in [-0.15, -0.1) is 11.3 Å². The number of ether oxygens (including phenoxy) is 1. The van der Waals surface area contributed by atoms with Crippen LogP contribution in [0.2, 0.25) is 0 Å². The second-order valence-electron chi connectivity index (χ2n) is 8.07. The van der Waals surface area contributed by atoms with Crippen molar-refractivity contribution in [2.45, 2.75) is 25.8 Å². The van der Waals surface area contributed by atoms with Crippen LogP contribution in [0.5, 0.6) is 5.75 Å². The van der Waals surface area contributed by atoms with E-state index in [1.165, 1.54) is 11.3 Å². The predicted molar refractivity (Wildman–Crippen MR) is 119 cm³/mol. The molecule has 6 nitrogen and oxygen atoms in total. The molecule has 0 N–H and O–H groups in total. The Morgan fingerprint density at radius 1 is 1.03 bits per heavy atom. The summed E-state index contributed by atoms with van der Waals surface area (Å²) < 4.78 is 5.23. The molecular formula is C23H29N3O3S. The van der Waals surface area contributed by atoms with E-state index in [0.717, 1.165) is 46.0 Å². The second-order valence-corrected chi connectivity index (χ2v) is 9.32. The van der Waals surface area contributed by atoms with E-state index in [9.17, 15) is 9.59 Å². The zero-order chi connectivity index (χ0) is 21.3. The van der Waals surface area contributed by atoms with Gasteiger partial charge in [-0.2, -0.15) is 0 Å². The summed E-state index contributed by atoms with van der Waals surface area (Å²) in [5.41, 5.74) is 2.17. The maximum atomic E-state index is 13.1. The average molecular weight is 428 g/mol. The topological polar surface area (TPSA) is 53.1 Å². The summed E-state index contributed by atoms with van der Waals surface area (Å²) in [6, 6.07) is 9.92. The van der Waals surface area contributed by atoms with Crippen LogP contribution in [0, 0.1) is 6.92 Å². The lowest BCUT2D eigenvalue weighted by Crippen LogP contribution is -2.54. The van der Waals surface area contributed by atoms with Crippen molar-refractivity contribution >= 4 is 23.2 Å². The molecule has 2 aliphatic rings. The van der Waals surface area contributed by atoms with Gasteiger partial charge < -0.3 is 14.5 Å². The van der Waals surface area contributed by atoms with Crippen LogP contribution in [0.15, 0.2) is 30.3 Å². The van der Waals surface area contributed by atoms with Gasteiger partial charge in [-0.25, -0.2) is 0 Å². The number of thiophene rings is 1. The maximum absolute atomic E-state index is 13.1. The number of likely N-dealkylation sites (tertiary alicyclic amines) is 1. The molecule has 2 aliphatic heterocycles. The lowest BCUT2D eigenvalue weighted by Gasteiger charge is -2.36. The monoisotopic (exact) mass is 427 g/mol. The molecule has 2 saturated heterocycles. The van der Waals surface area contributed by atoms with Crippen LogP contribution >= 0.6 is 11.3 Å². The van der Waals surface area contributed by atoms with Crippen molar-refractivity contribution in [3.63, 3.8) is 0 Å². The second kappa shape index (κ2) is 8.78. The van der Waals surface area contributed by atoms with Gasteiger partial charge in [0.05, 0.1) is 18.0 Å². The Hall–Kier alpha value is -2.38. The zero-order valence-electron chi connectivity index (χ0n) is 17.9. The van der Waals surface area contributed by atoms with Gasteiger partial charge in [0.1, 0.15) is 5.75 Å². The first-order valence-corrected chi connectivity index (χ1v) is 11.3. The first kappa shape index (κ1) is 20.9. The van der Waals surface area contributed by atoms with E-state index in [0.29, 0.717) is 26.2 Å². The highest BCUT2D eigenvalue weighted by Gasteiger charge is 2.33. The number of hydrogen-bond acceptors (Lipinski definition) is 5. The molecule has 2 amide bonds. The summed E-state index contributed by atoms with van der Waals surface area (Å²) in [6.07, 6.45) is 2.02. The highest BCUT2D eigenvalue weighted by Crippen LogP contribution is 2.33. The van der Waals surface area contributed by atoms with Crippen molar-refractivity contribution in [1.82, 2.24) is 14.7 Å². The minimum Gasteiger partial charge on any atom is -0.497 e. The summed E-state index contributed by atoms with van der Waals surface area (Å²) in [5, 5.41) is 0.